The van der Waals surface area contributed by atoms with Gasteiger partial charge in [-0.2, -0.15) is 0 Å². The van der Waals surface area contributed by atoms with E-state index in [9.17, 15) is 4.79 Å². The lowest BCUT2D eigenvalue weighted by molar-refractivity contribution is -0.131. The van der Waals surface area contributed by atoms with Gasteiger partial charge in [-0.05, 0) is 38.8 Å². The maximum atomic E-state index is 11.8. The molecule has 4 nitrogen and oxygen atoms in total. The number of hydrogen-bond acceptors (Lipinski definition) is 3. The van der Waals surface area contributed by atoms with Crippen LogP contribution in [0.4, 0.5) is 0 Å². The van der Waals surface area contributed by atoms with E-state index in [1.807, 2.05) is 14.1 Å². The van der Waals surface area contributed by atoms with Crippen LogP contribution < -0.4 is 5.73 Å². The number of hydrogen-bond donors (Lipinski definition) is 1. The molecule has 1 rings (SSSR count). The highest BCUT2D eigenvalue weighted by Gasteiger charge is 2.20. The van der Waals surface area contributed by atoms with Gasteiger partial charge in [0, 0.05) is 20.1 Å². The van der Waals surface area contributed by atoms with Crippen molar-refractivity contribution in [3.05, 3.63) is 0 Å². The molecule has 1 aliphatic carbocycles. The summed E-state index contributed by atoms with van der Waals surface area (Å²) in [6, 6.07) is 0. The summed E-state index contributed by atoms with van der Waals surface area (Å²) in [7, 11) is 3.89. The van der Waals surface area contributed by atoms with Crippen LogP contribution in [0.25, 0.3) is 0 Å². The van der Waals surface area contributed by atoms with Crippen molar-refractivity contribution < 1.29 is 4.79 Å². The number of nitrogens with two attached hydrogens (primary N) is 1. The third-order valence-corrected chi connectivity index (χ3v) is 3.32. The molecule has 0 saturated heterocycles. The molecule has 2 N–H and O–H groups in total. The minimum Gasteiger partial charge on any atom is -0.345 e. The number of amides is 1. The van der Waals surface area contributed by atoms with Gasteiger partial charge in [0.2, 0.25) is 5.91 Å². The van der Waals surface area contributed by atoms with Gasteiger partial charge in [-0.1, -0.05) is 6.42 Å². The number of nitrogens with zero attached hydrogens (tertiary/aromatic N) is 2. The minimum atomic E-state index is 0.204. The molecular weight excluding hydrogens is 202 g/mol. The van der Waals surface area contributed by atoms with E-state index in [1.165, 1.54) is 19.3 Å². The van der Waals surface area contributed by atoms with E-state index < -0.39 is 0 Å². The van der Waals surface area contributed by atoms with Crippen LogP contribution >= 0.6 is 0 Å². The molecule has 0 radical (unpaired) electrons. The fraction of sp³-hybridized carbons (Fsp3) is 0.917. The molecule has 1 saturated carbocycles. The normalized spacial score (nSPS) is 16.2. The lowest BCUT2D eigenvalue weighted by Crippen LogP contribution is -2.40. The predicted molar refractivity (Wildman–Crippen MR) is 66.1 cm³/mol. The molecule has 0 bridgehead atoms. The highest BCUT2D eigenvalue weighted by molar-refractivity contribution is 5.77. The Morgan fingerprint density at radius 1 is 1.38 bits per heavy atom. The van der Waals surface area contributed by atoms with Crippen LogP contribution in [-0.2, 0) is 4.79 Å². The van der Waals surface area contributed by atoms with E-state index in [0.29, 0.717) is 13.1 Å². The Morgan fingerprint density at radius 2 is 2.06 bits per heavy atom. The van der Waals surface area contributed by atoms with Crippen LogP contribution in [0, 0.1) is 5.92 Å². The van der Waals surface area contributed by atoms with Crippen LogP contribution in [0.15, 0.2) is 0 Å². The second-order valence-corrected chi connectivity index (χ2v) is 4.95. The van der Waals surface area contributed by atoms with E-state index in [4.69, 9.17) is 5.73 Å². The molecule has 94 valence electrons. The lowest BCUT2D eigenvalue weighted by atomic mass is 9.85. The summed E-state index contributed by atoms with van der Waals surface area (Å²) >= 11 is 0. The summed E-state index contributed by atoms with van der Waals surface area (Å²) in [5.74, 6) is 1.03. The van der Waals surface area contributed by atoms with Gasteiger partial charge in [-0.15, -0.1) is 0 Å². The topological polar surface area (TPSA) is 49.6 Å². The van der Waals surface area contributed by atoms with Crippen molar-refractivity contribution in [2.45, 2.75) is 25.7 Å². The molecule has 0 aromatic heterocycles. The Morgan fingerprint density at radius 3 is 2.56 bits per heavy atom. The van der Waals surface area contributed by atoms with Gasteiger partial charge in [0.1, 0.15) is 0 Å². The van der Waals surface area contributed by atoms with E-state index in [1.54, 1.807) is 4.90 Å². The SMILES string of the molecule is CN(CC(=O)N(C)CCCN)CC1CCC1. The predicted octanol–water partition coefficient (Wildman–Crippen LogP) is 0.526. The molecule has 0 aromatic carbocycles. The molecule has 0 aliphatic heterocycles. The average Bonchev–Trinajstić information content (AvgIpc) is 2.20. The standard InChI is InChI=1S/C12H25N3O/c1-14(9-11-5-3-6-11)10-12(16)15(2)8-4-7-13/h11H,3-10,13H2,1-2H3. The first-order valence-corrected chi connectivity index (χ1v) is 6.26. The van der Waals surface area contributed by atoms with E-state index in [2.05, 4.69) is 4.90 Å². The Labute approximate surface area is 98.8 Å². The van der Waals surface area contributed by atoms with Crippen LogP contribution in [0.1, 0.15) is 25.7 Å². The first kappa shape index (κ1) is 13.5. The summed E-state index contributed by atoms with van der Waals surface area (Å²) in [6.45, 7) is 3.02. The minimum absolute atomic E-state index is 0.204. The average molecular weight is 227 g/mol. The maximum Gasteiger partial charge on any atom is 0.236 e. The third-order valence-electron chi connectivity index (χ3n) is 3.32. The zero-order valence-corrected chi connectivity index (χ0v) is 10.6. The van der Waals surface area contributed by atoms with Gasteiger partial charge in [-0.25, -0.2) is 0 Å². The van der Waals surface area contributed by atoms with Crippen LogP contribution in [-0.4, -0.2) is 56.0 Å². The van der Waals surface area contributed by atoms with E-state index in [0.717, 1.165) is 25.4 Å². The second-order valence-electron chi connectivity index (χ2n) is 4.95. The van der Waals surface area contributed by atoms with Crippen molar-refractivity contribution in [3.8, 4) is 0 Å². The molecule has 0 unspecified atom stereocenters. The molecule has 0 atom stereocenters. The third kappa shape index (κ3) is 4.49. The number of likely N-dealkylation sites (N-methyl/N-ethyl adjacent to an activating group) is 2. The van der Waals surface area contributed by atoms with Crippen molar-refractivity contribution >= 4 is 5.91 Å². The van der Waals surface area contributed by atoms with Gasteiger partial charge in [0.05, 0.1) is 6.54 Å². The highest BCUT2D eigenvalue weighted by atomic mass is 16.2. The summed E-state index contributed by atoms with van der Waals surface area (Å²) in [6.07, 6.45) is 4.92. The van der Waals surface area contributed by atoms with Crippen molar-refractivity contribution in [2.24, 2.45) is 11.7 Å². The molecular formula is C12H25N3O. The first-order chi connectivity index (χ1) is 7.63. The number of rotatable bonds is 7. The zero-order chi connectivity index (χ0) is 12.0. The fourth-order valence-electron chi connectivity index (χ4n) is 1.99. The van der Waals surface area contributed by atoms with E-state index in [-0.39, 0.29) is 5.91 Å². The molecule has 4 heteroatoms. The van der Waals surface area contributed by atoms with Gasteiger partial charge < -0.3 is 10.6 Å². The largest absolute Gasteiger partial charge is 0.345 e. The van der Waals surface area contributed by atoms with Crippen molar-refractivity contribution in [1.82, 2.24) is 9.80 Å². The lowest BCUT2D eigenvalue weighted by Gasteiger charge is -2.30. The molecule has 0 aromatic rings. The van der Waals surface area contributed by atoms with Gasteiger partial charge in [0.15, 0.2) is 0 Å². The quantitative estimate of drug-likeness (QED) is 0.690. The van der Waals surface area contributed by atoms with Gasteiger partial charge in [-0.3, -0.25) is 9.69 Å². The Kier molecular flexibility index (Phi) is 5.77. The summed E-state index contributed by atoms with van der Waals surface area (Å²) in [5.41, 5.74) is 5.42. The fourth-order valence-corrected chi connectivity index (χ4v) is 1.99. The second kappa shape index (κ2) is 6.86. The van der Waals surface area contributed by atoms with Gasteiger partial charge >= 0.3 is 0 Å². The zero-order valence-electron chi connectivity index (χ0n) is 10.6. The van der Waals surface area contributed by atoms with Crippen LogP contribution in [0.5, 0.6) is 0 Å². The first-order valence-electron chi connectivity index (χ1n) is 6.26. The van der Waals surface area contributed by atoms with Crippen molar-refractivity contribution in [3.63, 3.8) is 0 Å². The Balaban J connectivity index is 2.15. The van der Waals surface area contributed by atoms with Crippen molar-refractivity contribution in [1.29, 1.82) is 0 Å². The van der Waals surface area contributed by atoms with Crippen molar-refractivity contribution in [2.75, 3.05) is 40.3 Å². The summed E-state index contributed by atoms with van der Waals surface area (Å²) in [4.78, 5) is 15.7. The molecule has 1 fully saturated rings. The molecule has 16 heavy (non-hydrogen) atoms. The Hall–Kier alpha value is -0.610. The molecule has 1 amide bonds. The van der Waals surface area contributed by atoms with Crippen LogP contribution in [0.2, 0.25) is 0 Å². The summed E-state index contributed by atoms with van der Waals surface area (Å²) in [5, 5.41) is 0. The smallest absolute Gasteiger partial charge is 0.236 e. The number of carbonyl (C=O) groups is 1. The molecule has 0 spiro atoms. The molecule has 0 heterocycles. The highest BCUT2D eigenvalue weighted by Crippen LogP contribution is 2.26. The van der Waals surface area contributed by atoms with E-state index >= 15 is 0 Å². The Bertz CT molecular complexity index is 216. The molecule has 1 aliphatic rings. The number of carbonyl (C=O) groups excluding carboxylic acids is 1. The summed E-state index contributed by atoms with van der Waals surface area (Å²) < 4.78 is 0. The van der Waals surface area contributed by atoms with Gasteiger partial charge in [0.25, 0.3) is 0 Å². The van der Waals surface area contributed by atoms with Crippen LogP contribution in [0.3, 0.4) is 0 Å². The maximum absolute atomic E-state index is 11.8. The monoisotopic (exact) mass is 227 g/mol.